The lowest BCUT2D eigenvalue weighted by molar-refractivity contribution is -0.116. The molecule has 25 heavy (non-hydrogen) atoms. The first-order valence-corrected chi connectivity index (χ1v) is 9.42. The van der Waals surface area contributed by atoms with Crippen LogP contribution in [0.5, 0.6) is 0 Å². The van der Waals surface area contributed by atoms with E-state index in [0.717, 1.165) is 63.2 Å². The van der Waals surface area contributed by atoms with E-state index >= 15 is 0 Å². The van der Waals surface area contributed by atoms with Crippen molar-refractivity contribution in [1.29, 1.82) is 0 Å². The molecule has 3 rings (SSSR count). The quantitative estimate of drug-likeness (QED) is 0.753. The number of amides is 1. The van der Waals surface area contributed by atoms with E-state index in [9.17, 15) is 4.79 Å². The molecule has 0 atom stereocenters. The van der Waals surface area contributed by atoms with Gasteiger partial charge in [-0.3, -0.25) is 9.69 Å². The number of carbonyl (C=O) groups is 1. The predicted octanol–water partition coefficient (Wildman–Crippen LogP) is 2.54. The van der Waals surface area contributed by atoms with Crippen molar-refractivity contribution in [2.75, 3.05) is 44.7 Å². The van der Waals surface area contributed by atoms with Gasteiger partial charge in [-0.05, 0) is 38.3 Å². The third-order valence-corrected chi connectivity index (χ3v) is 5.33. The Kier molecular flexibility index (Phi) is 10.9. The van der Waals surface area contributed by atoms with Gasteiger partial charge in [-0.15, -0.1) is 36.2 Å². The first-order chi connectivity index (χ1) is 11.3. The molecule has 0 radical (unpaired) electrons. The molecule has 1 aromatic rings. The normalized spacial score (nSPS) is 18.9. The topological polar surface area (TPSA) is 66.5 Å². The van der Waals surface area contributed by atoms with Gasteiger partial charge in [0.2, 0.25) is 5.91 Å². The van der Waals surface area contributed by atoms with Crippen molar-refractivity contribution in [3.8, 4) is 0 Å². The van der Waals surface area contributed by atoms with Crippen LogP contribution in [0.15, 0.2) is 5.38 Å². The fourth-order valence-electron chi connectivity index (χ4n) is 3.11. The zero-order valence-electron chi connectivity index (χ0n) is 14.4. The molecule has 1 amide bonds. The number of anilines is 1. The Labute approximate surface area is 165 Å². The Morgan fingerprint density at radius 3 is 2.76 bits per heavy atom. The van der Waals surface area contributed by atoms with Crippen molar-refractivity contribution >= 4 is 47.2 Å². The molecule has 2 aliphatic heterocycles. The maximum atomic E-state index is 12.1. The number of morpholine rings is 1. The highest BCUT2D eigenvalue weighted by atomic mass is 35.5. The van der Waals surface area contributed by atoms with E-state index in [1.165, 1.54) is 24.2 Å². The summed E-state index contributed by atoms with van der Waals surface area (Å²) >= 11 is 1.52. The summed E-state index contributed by atoms with van der Waals surface area (Å²) < 4.78 is 5.35. The average Bonchev–Trinajstić information content (AvgIpc) is 3.02. The summed E-state index contributed by atoms with van der Waals surface area (Å²) in [6.45, 7) is 6.51. The maximum Gasteiger partial charge on any atom is 0.226 e. The molecule has 0 bridgehead atoms. The number of halogens is 2. The molecule has 0 spiro atoms. The van der Waals surface area contributed by atoms with Crippen LogP contribution in [0.25, 0.3) is 0 Å². The van der Waals surface area contributed by atoms with Crippen molar-refractivity contribution in [1.82, 2.24) is 15.2 Å². The molecule has 0 aliphatic carbocycles. The molecule has 2 N–H and O–H groups in total. The van der Waals surface area contributed by atoms with Crippen LogP contribution in [-0.4, -0.2) is 55.2 Å². The van der Waals surface area contributed by atoms with E-state index in [1.54, 1.807) is 0 Å². The zero-order chi connectivity index (χ0) is 15.9. The summed E-state index contributed by atoms with van der Waals surface area (Å²) in [5.41, 5.74) is 1.03. The van der Waals surface area contributed by atoms with E-state index in [-0.39, 0.29) is 30.7 Å². The van der Waals surface area contributed by atoms with Gasteiger partial charge in [0.05, 0.1) is 18.9 Å². The van der Waals surface area contributed by atoms with Gasteiger partial charge in [0.1, 0.15) is 0 Å². The lowest BCUT2D eigenvalue weighted by Crippen LogP contribution is -2.35. The smallest absolute Gasteiger partial charge is 0.226 e. The molecular formula is C16H28Cl2N4O2S. The van der Waals surface area contributed by atoms with E-state index in [4.69, 9.17) is 4.74 Å². The summed E-state index contributed by atoms with van der Waals surface area (Å²) in [6, 6.07) is 0. The Bertz CT molecular complexity index is 506. The number of rotatable bonds is 6. The highest BCUT2D eigenvalue weighted by Gasteiger charge is 2.16. The highest BCUT2D eigenvalue weighted by Crippen LogP contribution is 2.20. The van der Waals surface area contributed by atoms with E-state index < -0.39 is 0 Å². The molecule has 2 fully saturated rings. The SMILES string of the molecule is Cl.Cl.O=C(CCC1CCNCC1)Nc1nc(CN2CCOCC2)cs1. The van der Waals surface area contributed by atoms with Gasteiger partial charge in [0.15, 0.2) is 5.13 Å². The average molecular weight is 411 g/mol. The van der Waals surface area contributed by atoms with Gasteiger partial charge < -0.3 is 15.4 Å². The highest BCUT2D eigenvalue weighted by molar-refractivity contribution is 7.13. The van der Waals surface area contributed by atoms with E-state index in [0.29, 0.717) is 12.3 Å². The summed E-state index contributed by atoms with van der Waals surface area (Å²) in [5.74, 6) is 0.783. The monoisotopic (exact) mass is 410 g/mol. The number of nitrogens with zero attached hydrogens (tertiary/aromatic N) is 2. The lowest BCUT2D eigenvalue weighted by atomic mass is 9.93. The first-order valence-electron chi connectivity index (χ1n) is 8.54. The molecule has 0 aromatic carbocycles. The van der Waals surface area contributed by atoms with Gasteiger partial charge in [-0.2, -0.15) is 0 Å². The van der Waals surface area contributed by atoms with Crippen LogP contribution in [0.1, 0.15) is 31.4 Å². The van der Waals surface area contributed by atoms with Gasteiger partial charge >= 0.3 is 0 Å². The Hall–Kier alpha value is -0.440. The van der Waals surface area contributed by atoms with Crippen LogP contribution in [-0.2, 0) is 16.1 Å². The molecule has 0 unspecified atom stereocenters. The second-order valence-electron chi connectivity index (χ2n) is 6.31. The summed E-state index contributed by atoms with van der Waals surface area (Å²) in [7, 11) is 0. The number of thiazole rings is 1. The number of nitrogens with one attached hydrogen (secondary N) is 2. The van der Waals surface area contributed by atoms with Gasteiger partial charge in [0, 0.05) is 31.4 Å². The summed E-state index contributed by atoms with van der Waals surface area (Å²) in [5, 5.41) is 9.07. The van der Waals surface area contributed by atoms with Crippen molar-refractivity contribution in [3.05, 3.63) is 11.1 Å². The third kappa shape index (κ3) is 7.76. The third-order valence-electron chi connectivity index (χ3n) is 4.53. The molecule has 144 valence electrons. The number of carbonyl (C=O) groups excluding carboxylic acids is 1. The van der Waals surface area contributed by atoms with E-state index in [2.05, 4.69) is 20.5 Å². The summed E-state index contributed by atoms with van der Waals surface area (Å²) in [6.07, 6.45) is 3.96. The fourth-order valence-corrected chi connectivity index (χ4v) is 3.83. The molecule has 2 saturated heterocycles. The van der Waals surface area contributed by atoms with E-state index in [1.807, 2.05) is 5.38 Å². The van der Waals surface area contributed by atoms with Crippen molar-refractivity contribution in [3.63, 3.8) is 0 Å². The minimum absolute atomic E-state index is 0. The predicted molar refractivity (Wildman–Crippen MR) is 106 cm³/mol. The van der Waals surface area contributed by atoms with Crippen LogP contribution >= 0.6 is 36.2 Å². The molecule has 2 aliphatic rings. The Morgan fingerprint density at radius 1 is 1.32 bits per heavy atom. The molecular weight excluding hydrogens is 383 g/mol. The van der Waals surface area contributed by atoms with Gasteiger partial charge in [-0.1, -0.05) is 0 Å². The Balaban J connectivity index is 0.00000156. The van der Waals surface area contributed by atoms with Crippen LogP contribution in [0.3, 0.4) is 0 Å². The van der Waals surface area contributed by atoms with Crippen molar-refractivity contribution < 1.29 is 9.53 Å². The minimum Gasteiger partial charge on any atom is -0.379 e. The van der Waals surface area contributed by atoms with Crippen LogP contribution in [0.2, 0.25) is 0 Å². The number of hydrogen-bond donors (Lipinski definition) is 2. The molecule has 3 heterocycles. The number of hydrogen-bond acceptors (Lipinski definition) is 6. The molecule has 0 saturated carbocycles. The Morgan fingerprint density at radius 2 is 2.04 bits per heavy atom. The van der Waals surface area contributed by atoms with Crippen molar-refractivity contribution in [2.45, 2.75) is 32.2 Å². The lowest BCUT2D eigenvalue weighted by Gasteiger charge is -2.25. The zero-order valence-corrected chi connectivity index (χ0v) is 16.8. The first kappa shape index (κ1) is 22.6. The molecule has 6 nitrogen and oxygen atoms in total. The van der Waals surface area contributed by atoms with Crippen LogP contribution in [0, 0.1) is 5.92 Å². The maximum absolute atomic E-state index is 12.1. The second-order valence-corrected chi connectivity index (χ2v) is 7.17. The van der Waals surface area contributed by atoms with Crippen LogP contribution < -0.4 is 10.6 Å². The summed E-state index contributed by atoms with van der Waals surface area (Å²) in [4.78, 5) is 18.9. The largest absolute Gasteiger partial charge is 0.379 e. The minimum atomic E-state index is 0. The molecule has 9 heteroatoms. The second kappa shape index (κ2) is 12.0. The van der Waals surface area contributed by atoms with Crippen LogP contribution in [0.4, 0.5) is 5.13 Å². The van der Waals surface area contributed by atoms with Crippen molar-refractivity contribution in [2.24, 2.45) is 5.92 Å². The van der Waals surface area contributed by atoms with Gasteiger partial charge in [-0.25, -0.2) is 4.98 Å². The number of ether oxygens (including phenoxy) is 1. The number of piperidine rings is 1. The number of aromatic nitrogens is 1. The molecule has 1 aromatic heterocycles. The fraction of sp³-hybridized carbons (Fsp3) is 0.750. The van der Waals surface area contributed by atoms with Gasteiger partial charge in [0.25, 0.3) is 0 Å². The standard InChI is InChI=1S/C16H26N4O2S.2ClH/c21-15(2-1-13-3-5-17-6-4-13)19-16-18-14(12-23-16)11-20-7-9-22-10-8-20;;/h12-13,17H,1-11H2,(H,18,19,21);2*1H.